The summed E-state index contributed by atoms with van der Waals surface area (Å²) in [5.41, 5.74) is 4.09. The van der Waals surface area contributed by atoms with E-state index in [1.807, 2.05) is 13.2 Å². The Hall–Kier alpha value is -1.61. The van der Waals surface area contributed by atoms with Gasteiger partial charge in [-0.3, -0.25) is 0 Å². The summed E-state index contributed by atoms with van der Waals surface area (Å²) in [6.45, 7) is 4.33. The van der Waals surface area contributed by atoms with Crippen molar-refractivity contribution in [2.45, 2.75) is 26.3 Å². The van der Waals surface area contributed by atoms with Crippen LogP contribution in [0.1, 0.15) is 28.6 Å². The number of nitrogens with one attached hydrogen (secondary N) is 2. The molecule has 0 fully saturated rings. The summed E-state index contributed by atoms with van der Waals surface area (Å²) >= 11 is 0. The van der Waals surface area contributed by atoms with E-state index in [4.69, 9.17) is 0 Å². The first-order chi connectivity index (χ1) is 8.22. The van der Waals surface area contributed by atoms with Crippen LogP contribution in [0, 0.1) is 13.8 Å². The van der Waals surface area contributed by atoms with E-state index < -0.39 is 0 Å². The van der Waals surface area contributed by atoms with Gasteiger partial charge in [0.05, 0.1) is 6.04 Å². The van der Waals surface area contributed by atoms with Gasteiger partial charge in [0.2, 0.25) is 0 Å². The van der Waals surface area contributed by atoms with Gasteiger partial charge in [-0.1, -0.05) is 18.2 Å². The van der Waals surface area contributed by atoms with Crippen molar-refractivity contribution in [3.8, 4) is 0 Å². The molecule has 3 heteroatoms. The van der Waals surface area contributed by atoms with E-state index >= 15 is 0 Å². The third-order valence-corrected chi connectivity index (χ3v) is 3.25. The van der Waals surface area contributed by atoms with Gasteiger partial charge < -0.3 is 10.3 Å². The number of likely N-dealkylation sites (N-methyl/N-ethyl adjacent to an activating group) is 1. The summed E-state index contributed by atoms with van der Waals surface area (Å²) in [5, 5.41) is 3.31. The first-order valence-corrected chi connectivity index (χ1v) is 5.94. The zero-order valence-corrected chi connectivity index (χ0v) is 10.6. The van der Waals surface area contributed by atoms with Crippen LogP contribution in [0.25, 0.3) is 0 Å². The van der Waals surface area contributed by atoms with Gasteiger partial charge in [-0.05, 0) is 44.0 Å². The summed E-state index contributed by atoms with van der Waals surface area (Å²) in [4.78, 5) is 7.50. The van der Waals surface area contributed by atoms with E-state index in [1.165, 1.54) is 16.7 Å². The van der Waals surface area contributed by atoms with Crippen molar-refractivity contribution in [2.75, 3.05) is 7.05 Å². The Morgan fingerprint density at radius 3 is 2.53 bits per heavy atom. The van der Waals surface area contributed by atoms with Crippen LogP contribution in [0.15, 0.2) is 30.6 Å². The Kier molecular flexibility index (Phi) is 3.59. The van der Waals surface area contributed by atoms with E-state index in [0.29, 0.717) is 0 Å². The summed E-state index contributed by atoms with van der Waals surface area (Å²) < 4.78 is 0. The van der Waals surface area contributed by atoms with E-state index in [9.17, 15) is 0 Å². The normalized spacial score (nSPS) is 12.6. The van der Waals surface area contributed by atoms with Gasteiger partial charge in [0.25, 0.3) is 0 Å². The van der Waals surface area contributed by atoms with E-state index in [1.54, 1.807) is 6.20 Å². The molecule has 17 heavy (non-hydrogen) atoms. The van der Waals surface area contributed by atoms with Gasteiger partial charge in [0.15, 0.2) is 0 Å². The van der Waals surface area contributed by atoms with Gasteiger partial charge in [0, 0.05) is 12.4 Å². The van der Waals surface area contributed by atoms with Crippen LogP contribution in [-0.4, -0.2) is 17.0 Å². The molecule has 0 aliphatic heterocycles. The molecule has 2 aromatic rings. The highest BCUT2D eigenvalue weighted by Crippen LogP contribution is 2.20. The van der Waals surface area contributed by atoms with Crippen molar-refractivity contribution in [1.82, 2.24) is 15.3 Å². The molecule has 1 aromatic heterocycles. The second-order valence-corrected chi connectivity index (χ2v) is 4.39. The van der Waals surface area contributed by atoms with Gasteiger partial charge in [-0.15, -0.1) is 0 Å². The highest BCUT2D eigenvalue weighted by molar-refractivity contribution is 5.34. The lowest BCUT2D eigenvalue weighted by molar-refractivity contribution is 0.561. The predicted molar refractivity (Wildman–Crippen MR) is 70.0 cm³/mol. The molecule has 1 unspecified atom stereocenters. The summed E-state index contributed by atoms with van der Waals surface area (Å²) in [6.07, 6.45) is 4.62. The van der Waals surface area contributed by atoms with Crippen molar-refractivity contribution in [3.05, 3.63) is 53.1 Å². The van der Waals surface area contributed by atoms with Gasteiger partial charge in [-0.2, -0.15) is 0 Å². The van der Waals surface area contributed by atoms with E-state index in [0.717, 1.165) is 12.2 Å². The number of rotatable bonds is 4. The molecule has 1 aromatic carbocycles. The van der Waals surface area contributed by atoms with Crippen molar-refractivity contribution < 1.29 is 0 Å². The number of hydrogen-bond donors (Lipinski definition) is 2. The maximum atomic E-state index is 4.32. The molecule has 1 atom stereocenters. The minimum atomic E-state index is 0.241. The number of aromatic nitrogens is 2. The molecule has 2 rings (SSSR count). The molecular weight excluding hydrogens is 210 g/mol. The maximum absolute atomic E-state index is 4.32. The molecule has 0 aliphatic rings. The standard InChI is InChI=1S/C14H19N3/c1-10-5-4-6-11(2)12(10)9-13(15-3)14-16-7-8-17-14/h4-8,13,15H,9H2,1-3H3,(H,16,17). The second-order valence-electron chi connectivity index (χ2n) is 4.39. The second kappa shape index (κ2) is 5.15. The monoisotopic (exact) mass is 229 g/mol. The van der Waals surface area contributed by atoms with Crippen molar-refractivity contribution >= 4 is 0 Å². The minimum Gasteiger partial charge on any atom is -0.347 e. The number of benzene rings is 1. The van der Waals surface area contributed by atoms with Crippen molar-refractivity contribution in [1.29, 1.82) is 0 Å². The number of nitrogens with zero attached hydrogens (tertiary/aromatic N) is 1. The highest BCUT2D eigenvalue weighted by atomic mass is 15.0. The molecule has 3 nitrogen and oxygen atoms in total. The Morgan fingerprint density at radius 1 is 1.29 bits per heavy atom. The molecular formula is C14H19N3. The molecule has 0 saturated heterocycles. The summed E-state index contributed by atoms with van der Waals surface area (Å²) in [5.74, 6) is 0.996. The van der Waals surface area contributed by atoms with Crippen LogP contribution in [0.2, 0.25) is 0 Å². The third-order valence-electron chi connectivity index (χ3n) is 3.25. The minimum absolute atomic E-state index is 0.241. The quantitative estimate of drug-likeness (QED) is 0.845. The Bertz CT molecular complexity index is 454. The predicted octanol–water partition coefficient (Wildman–Crippen LogP) is 2.53. The Balaban J connectivity index is 2.25. The molecule has 2 N–H and O–H groups in total. The molecule has 0 bridgehead atoms. The average molecular weight is 229 g/mol. The van der Waals surface area contributed by atoms with Crippen LogP contribution in [0.5, 0.6) is 0 Å². The largest absolute Gasteiger partial charge is 0.347 e. The lowest BCUT2D eigenvalue weighted by Gasteiger charge is -2.17. The number of aryl methyl sites for hydroxylation is 2. The zero-order valence-electron chi connectivity index (χ0n) is 10.6. The molecule has 0 amide bonds. The maximum Gasteiger partial charge on any atom is 0.123 e. The van der Waals surface area contributed by atoms with Crippen LogP contribution in [0.4, 0.5) is 0 Å². The SMILES string of the molecule is CNC(Cc1c(C)cccc1C)c1ncc[nH]1. The van der Waals surface area contributed by atoms with E-state index in [-0.39, 0.29) is 6.04 Å². The molecule has 0 radical (unpaired) electrons. The van der Waals surface area contributed by atoms with Crippen LogP contribution in [-0.2, 0) is 6.42 Å². The van der Waals surface area contributed by atoms with Gasteiger partial charge in [-0.25, -0.2) is 4.98 Å². The topological polar surface area (TPSA) is 40.7 Å². The van der Waals surface area contributed by atoms with E-state index in [2.05, 4.69) is 47.3 Å². The lowest BCUT2D eigenvalue weighted by Crippen LogP contribution is -2.21. The highest BCUT2D eigenvalue weighted by Gasteiger charge is 2.14. The number of aromatic amines is 1. The smallest absolute Gasteiger partial charge is 0.123 e. The third kappa shape index (κ3) is 2.56. The molecule has 0 saturated carbocycles. The molecule has 0 spiro atoms. The number of hydrogen-bond acceptors (Lipinski definition) is 2. The molecule has 90 valence electrons. The van der Waals surface area contributed by atoms with Gasteiger partial charge >= 0.3 is 0 Å². The summed E-state index contributed by atoms with van der Waals surface area (Å²) in [6, 6.07) is 6.67. The fourth-order valence-electron chi connectivity index (χ4n) is 2.18. The Morgan fingerprint density at radius 2 is 2.00 bits per heavy atom. The number of H-pyrrole nitrogens is 1. The average Bonchev–Trinajstić information content (AvgIpc) is 2.82. The van der Waals surface area contributed by atoms with Crippen LogP contribution in [0.3, 0.4) is 0 Å². The van der Waals surface area contributed by atoms with Crippen LogP contribution >= 0.6 is 0 Å². The van der Waals surface area contributed by atoms with Crippen molar-refractivity contribution in [2.24, 2.45) is 0 Å². The molecule has 0 aliphatic carbocycles. The number of imidazole rings is 1. The van der Waals surface area contributed by atoms with Crippen molar-refractivity contribution in [3.63, 3.8) is 0 Å². The fourth-order valence-corrected chi connectivity index (χ4v) is 2.18. The lowest BCUT2D eigenvalue weighted by atomic mass is 9.96. The van der Waals surface area contributed by atoms with Gasteiger partial charge in [0.1, 0.15) is 5.82 Å². The first kappa shape index (κ1) is 11.9. The Labute approximate surface area is 102 Å². The fraction of sp³-hybridized carbons (Fsp3) is 0.357. The summed E-state index contributed by atoms with van der Waals surface area (Å²) in [7, 11) is 1.97. The van der Waals surface area contributed by atoms with Crippen LogP contribution < -0.4 is 5.32 Å². The molecule has 1 heterocycles. The zero-order chi connectivity index (χ0) is 12.3. The first-order valence-electron chi connectivity index (χ1n) is 5.94.